The molecule has 1 aromatic carbocycles. The first kappa shape index (κ1) is 13.5. The summed E-state index contributed by atoms with van der Waals surface area (Å²) in [7, 11) is 0. The van der Waals surface area contributed by atoms with Gasteiger partial charge < -0.3 is 15.2 Å². The zero-order valence-corrected chi connectivity index (χ0v) is 11.3. The smallest absolute Gasteiger partial charge is 0.105 e. The lowest BCUT2D eigenvalue weighted by atomic mass is 9.96. The number of ether oxygens (including phenoxy) is 1. The third kappa shape index (κ3) is 3.10. The van der Waals surface area contributed by atoms with Crippen molar-refractivity contribution in [2.45, 2.75) is 44.9 Å². The second kappa shape index (κ2) is 5.83. The van der Waals surface area contributed by atoms with Crippen LogP contribution in [-0.4, -0.2) is 30.0 Å². The van der Waals surface area contributed by atoms with Gasteiger partial charge in [-0.05, 0) is 24.5 Å². The molecule has 0 aliphatic carbocycles. The zero-order valence-electron chi connectivity index (χ0n) is 11.3. The first-order valence-electron chi connectivity index (χ1n) is 6.76. The SMILES string of the molecule is CCc1ccc(CNCC2(O)CCOC2C)cc1. The van der Waals surface area contributed by atoms with Crippen molar-refractivity contribution < 1.29 is 9.84 Å². The van der Waals surface area contributed by atoms with Gasteiger partial charge in [-0.25, -0.2) is 0 Å². The highest BCUT2D eigenvalue weighted by Crippen LogP contribution is 2.24. The summed E-state index contributed by atoms with van der Waals surface area (Å²) in [6.07, 6.45) is 1.71. The van der Waals surface area contributed by atoms with Gasteiger partial charge in [-0.2, -0.15) is 0 Å². The molecule has 3 heteroatoms. The number of hydrogen-bond acceptors (Lipinski definition) is 3. The van der Waals surface area contributed by atoms with Gasteiger partial charge in [-0.1, -0.05) is 31.2 Å². The van der Waals surface area contributed by atoms with Gasteiger partial charge in [0.1, 0.15) is 5.60 Å². The Morgan fingerprint density at radius 3 is 2.56 bits per heavy atom. The Balaban J connectivity index is 1.81. The minimum Gasteiger partial charge on any atom is -0.386 e. The first-order valence-corrected chi connectivity index (χ1v) is 6.76. The van der Waals surface area contributed by atoms with E-state index >= 15 is 0 Å². The summed E-state index contributed by atoms with van der Waals surface area (Å²) in [4.78, 5) is 0. The van der Waals surface area contributed by atoms with Gasteiger partial charge in [0.25, 0.3) is 0 Å². The number of hydrogen-bond donors (Lipinski definition) is 2. The second-order valence-corrected chi connectivity index (χ2v) is 5.14. The minimum absolute atomic E-state index is 0.0764. The molecule has 0 bridgehead atoms. The van der Waals surface area contributed by atoms with Crippen molar-refractivity contribution in [2.24, 2.45) is 0 Å². The Labute approximate surface area is 109 Å². The fourth-order valence-electron chi connectivity index (χ4n) is 2.32. The number of benzene rings is 1. The average molecular weight is 249 g/mol. The zero-order chi connectivity index (χ0) is 13.0. The second-order valence-electron chi connectivity index (χ2n) is 5.14. The van der Waals surface area contributed by atoms with E-state index in [2.05, 4.69) is 36.5 Å². The molecule has 3 nitrogen and oxygen atoms in total. The average Bonchev–Trinajstić information content (AvgIpc) is 2.71. The summed E-state index contributed by atoms with van der Waals surface area (Å²) >= 11 is 0. The van der Waals surface area contributed by atoms with Gasteiger partial charge >= 0.3 is 0 Å². The third-order valence-electron chi connectivity index (χ3n) is 3.85. The molecule has 2 unspecified atom stereocenters. The van der Waals surface area contributed by atoms with E-state index in [0.717, 1.165) is 19.4 Å². The van der Waals surface area contributed by atoms with E-state index in [1.54, 1.807) is 0 Å². The highest BCUT2D eigenvalue weighted by atomic mass is 16.5. The van der Waals surface area contributed by atoms with E-state index in [0.29, 0.717) is 13.2 Å². The molecular weight excluding hydrogens is 226 g/mol. The highest BCUT2D eigenvalue weighted by molar-refractivity contribution is 5.22. The van der Waals surface area contributed by atoms with Gasteiger partial charge in [0.2, 0.25) is 0 Å². The van der Waals surface area contributed by atoms with Crippen LogP contribution in [0.5, 0.6) is 0 Å². The molecule has 1 heterocycles. The highest BCUT2D eigenvalue weighted by Gasteiger charge is 2.38. The van der Waals surface area contributed by atoms with E-state index in [4.69, 9.17) is 4.74 Å². The van der Waals surface area contributed by atoms with Crippen molar-refractivity contribution in [1.29, 1.82) is 0 Å². The van der Waals surface area contributed by atoms with Crippen molar-refractivity contribution in [3.05, 3.63) is 35.4 Å². The van der Waals surface area contributed by atoms with E-state index in [9.17, 15) is 5.11 Å². The Kier molecular flexibility index (Phi) is 4.38. The molecule has 1 aromatic rings. The van der Waals surface area contributed by atoms with Crippen LogP contribution in [0.4, 0.5) is 0 Å². The molecular formula is C15H23NO2. The Bertz CT molecular complexity index is 377. The largest absolute Gasteiger partial charge is 0.386 e. The van der Waals surface area contributed by atoms with Gasteiger partial charge in [0, 0.05) is 26.1 Å². The lowest BCUT2D eigenvalue weighted by Crippen LogP contribution is -2.45. The molecule has 2 rings (SSSR count). The Morgan fingerprint density at radius 2 is 2.00 bits per heavy atom. The molecule has 0 radical (unpaired) electrons. The van der Waals surface area contributed by atoms with Crippen LogP contribution in [0.15, 0.2) is 24.3 Å². The van der Waals surface area contributed by atoms with Crippen LogP contribution in [0.25, 0.3) is 0 Å². The van der Waals surface area contributed by atoms with Crippen molar-refractivity contribution in [1.82, 2.24) is 5.32 Å². The van der Waals surface area contributed by atoms with Crippen LogP contribution in [0.1, 0.15) is 31.4 Å². The number of nitrogens with one attached hydrogen (secondary N) is 1. The molecule has 0 aromatic heterocycles. The van der Waals surface area contributed by atoms with E-state index < -0.39 is 5.60 Å². The maximum atomic E-state index is 10.3. The quantitative estimate of drug-likeness (QED) is 0.837. The molecule has 1 saturated heterocycles. The van der Waals surface area contributed by atoms with Crippen LogP contribution in [0.2, 0.25) is 0 Å². The van der Waals surface area contributed by atoms with Crippen LogP contribution in [-0.2, 0) is 17.7 Å². The molecule has 1 fully saturated rings. The van der Waals surface area contributed by atoms with E-state index in [1.807, 2.05) is 6.92 Å². The Morgan fingerprint density at radius 1 is 1.33 bits per heavy atom. The molecule has 0 spiro atoms. The lowest BCUT2D eigenvalue weighted by molar-refractivity contribution is -0.0262. The summed E-state index contributed by atoms with van der Waals surface area (Å²) in [6, 6.07) is 8.61. The monoisotopic (exact) mass is 249 g/mol. The van der Waals surface area contributed by atoms with Gasteiger partial charge in [-0.3, -0.25) is 0 Å². The molecule has 1 aliphatic heterocycles. The van der Waals surface area contributed by atoms with Crippen molar-refractivity contribution >= 4 is 0 Å². The molecule has 0 saturated carbocycles. The maximum Gasteiger partial charge on any atom is 0.105 e. The predicted molar refractivity (Wildman–Crippen MR) is 72.5 cm³/mol. The lowest BCUT2D eigenvalue weighted by Gasteiger charge is -2.26. The number of rotatable bonds is 5. The van der Waals surface area contributed by atoms with Crippen LogP contribution in [0.3, 0.4) is 0 Å². The molecule has 0 amide bonds. The van der Waals surface area contributed by atoms with Crippen molar-refractivity contribution in [3.63, 3.8) is 0 Å². The first-order chi connectivity index (χ1) is 8.64. The molecule has 2 N–H and O–H groups in total. The summed E-state index contributed by atoms with van der Waals surface area (Å²) in [6.45, 7) is 6.13. The Hall–Kier alpha value is -0.900. The normalized spacial score (nSPS) is 27.6. The predicted octanol–water partition coefficient (Wildman–Crippen LogP) is 1.88. The van der Waals surface area contributed by atoms with Crippen LogP contribution >= 0.6 is 0 Å². The number of aryl methyl sites for hydroxylation is 1. The van der Waals surface area contributed by atoms with Gasteiger partial charge in [0.15, 0.2) is 0 Å². The summed E-state index contributed by atoms with van der Waals surface area (Å²) in [5, 5.41) is 13.7. The molecule has 100 valence electrons. The van der Waals surface area contributed by atoms with E-state index in [-0.39, 0.29) is 6.10 Å². The standard InChI is InChI=1S/C15H23NO2/c1-3-13-4-6-14(7-5-13)10-16-11-15(17)8-9-18-12(15)2/h4-7,12,16-17H,3,8-11H2,1-2H3. The summed E-state index contributed by atoms with van der Waals surface area (Å²) in [5.41, 5.74) is 1.90. The van der Waals surface area contributed by atoms with Crippen molar-refractivity contribution in [2.75, 3.05) is 13.2 Å². The molecule has 18 heavy (non-hydrogen) atoms. The topological polar surface area (TPSA) is 41.5 Å². The maximum absolute atomic E-state index is 10.3. The van der Waals surface area contributed by atoms with Crippen molar-refractivity contribution in [3.8, 4) is 0 Å². The molecule has 2 atom stereocenters. The van der Waals surface area contributed by atoms with Gasteiger partial charge in [-0.15, -0.1) is 0 Å². The molecule has 1 aliphatic rings. The third-order valence-corrected chi connectivity index (χ3v) is 3.85. The summed E-state index contributed by atoms with van der Waals surface area (Å²) < 4.78 is 5.41. The van der Waals surface area contributed by atoms with Crippen LogP contribution < -0.4 is 5.32 Å². The summed E-state index contributed by atoms with van der Waals surface area (Å²) in [5.74, 6) is 0. The minimum atomic E-state index is -0.705. The van der Waals surface area contributed by atoms with Crippen LogP contribution in [0, 0.1) is 0 Å². The number of aliphatic hydroxyl groups is 1. The van der Waals surface area contributed by atoms with Gasteiger partial charge in [0.05, 0.1) is 6.10 Å². The fraction of sp³-hybridized carbons (Fsp3) is 0.600. The fourth-order valence-corrected chi connectivity index (χ4v) is 2.32. The van der Waals surface area contributed by atoms with E-state index in [1.165, 1.54) is 11.1 Å².